The van der Waals surface area contributed by atoms with Crippen LogP contribution in [0.3, 0.4) is 0 Å². The monoisotopic (exact) mass is 362 g/mol. The van der Waals surface area contributed by atoms with Crippen LogP contribution in [0.1, 0.15) is 10.5 Å². The summed E-state index contributed by atoms with van der Waals surface area (Å²) in [6.45, 7) is 0. The molecule has 0 saturated carbocycles. The molecule has 7 nitrogen and oxygen atoms in total. The van der Waals surface area contributed by atoms with Gasteiger partial charge in [0.25, 0.3) is 0 Å². The van der Waals surface area contributed by atoms with Crippen LogP contribution in [0, 0.1) is 5.82 Å². The first-order valence-electron chi connectivity index (χ1n) is 6.14. The SMILES string of the molecule is COc1c(Cl)ccc(-c2nc(N)c(Cl)c(C(=O)[O-])n2)c1F.C[NH3+]. The Labute approximate surface area is 141 Å². The Bertz CT molecular complexity index is 744. The van der Waals surface area contributed by atoms with E-state index >= 15 is 0 Å². The number of hydrogen-bond donors (Lipinski definition) is 2. The van der Waals surface area contributed by atoms with E-state index in [2.05, 4.69) is 15.7 Å². The number of methoxy groups -OCH3 is 1. The first kappa shape index (κ1) is 18.9. The van der Waals surface area contributed by atoms with Crippen molar-refractivity contribution >= 4 is 35.0 Å². The van der Waals surface area contributed by atoms with Gasteiger partial charge >= 0.3 is 0 Å². The van der Waals surface area contributed by atoms with E-state index in [4.69, 9.17) is 33.7 Å². The van der Waals surface area contributed by atoms with E-state index in [0.29, 0.717) is 0 Å². The van der Waals surface area contributed by atoms with Gasteiger partial charge in [0.15, 0.2) is 17.4 Å². The van der Waals surface area contributed by atoms with Crippen LogP contribution in [0.15, 0.2) is 12.1 Å². The van der Waals surface area contributed by atoms with E-state index < -0.39 is 17.5 Å². The lowest BCUT2D eigenvalue weighted by molar-refractivity contribution is -0.325. The number of halogens is 3. The summed E-state index contributed by atoms with van der Waals surface area (Å²) in [7, 11) is 2.98. The number of nitrogens with zero attached hydrogens (tertiary/aromatic N) is 2. The number of anilines is 1. The molecule has 0 aliphatic rings. The van der Waals surface area contributed by atoms with Crippen molar-refractivity contribution in [3.63, 3.8) is 0 Å². The Balaban J connectivity index is 0.00000127. The third-order valence-electron chi connectivity index (χ3n) is 2.56. The van der Waals surface area contributed by atoms with Gasteiger partial charge in [-0.2, -0.15) is 0 Å². The summed E-state index contributed by atoms with van der Waals surface area (Å²) in [6.07, 6.45) is 0. The zero-order valence-electron chi connectivity index (χ0n) is 12.2. The van der Waals surface area contributed by atoms with Crippen LogP contribution in [0.25, 0.3) is 11.4 Å². The number of carboxylic acids is 1. The molecule has 1 aromatic heterocycles. The second kappa shape index (κ2) is 7.91. The number of rotatable bonds is 3. The first-order chi connectivity index (χ1) is 10.9. The quantitative estimate of drug-likeness (QED) is 0.812. The fraction of sp³-hybridized carbons (Fsp3) is 0.154. The second-order valence-electron chi connectivity index (χ2n) is 3.82. The van der Waals surface area contributed by atoms with Crippen LogP contribution in [-0.2, 0) is 0 Å². The zero-order valence-corrected chi connectivity index (χ0v) is 13.7. The summed E-state index contributed by atoms with van der Waals surface area (Å²) < 4.78 is 19.1. The predicted octanol–water partition coefficient (Wildman–Crippen LogP) is 0.402. The summed E-state index contributed by atoms with van der Waals surface area (Å²) in [5, 5.41) is 10.6. The molecule has 0 unspecified atom stereocenters. The van der Waals surface area contributed by atoms with Crippen molar-refractivity contribution < 1.29 is 24.8 Å². The molecule has 124 valence electrons. The van der Waals surface area contributed by atoms with Gasteiger partial charge in [0, 0.05) is 0 Å². The minimum Gasteiger partial charge on any atom is -0.543 e. The number of nitrogen functional groups attached to an aromatic ring is 1. The molecule has 1 aromatic carbocycles. The van der Waals surface area contributed by atoms with Crippen molar-refractivity contribution in [3.8, 4) is 17.1 Å². The van der Waals surface area contributed by atoms with Crippen LogP contribution < -0.4 is 21.3 Å². The highest BCUT2D eigenvalue weighted by Gasteiger charge is 2.19. The first-order valence-corrected chi connectivity index (χ1v) is 6.89. The fourth-order valence-electron chi connectivity index (χ4n) is 1.61. The van der Waals surface area contributed by atoms with E-state index in [0.717, 1.165) is 0 Å². The van der Waals surface area contributed by atoms with Crippen molar-refractivity contribution in [1.29, 1.82) is 0 Å². The van der Waals surface area contributed by atoms with Crippen molar-refractivity contribution in [3.05, 3.63) is 33.7 Å². The highest BCUT2D eigenvalue weighted by atomic mass is 35.5. The molecule has 23 heavy (non-hydrogen) atoms. The van der Waals surface area contributed by atoms with Crippen LogP contribution >= 0.6 is 23.2 Å². The maximum atomic E-state index is 14.3. The molecule has 0 fully saturated rings. The molecule has 0 amide bonds. The van der Waals surface area contributed by atoms with Gasteiger partial charge in [-0.05, 0) is 12.1 Å². The number of aromatic carboxylic acids is 1. The largest absolute Gasteiger partial charge is 0.543 e. The van der Waals surface area contributed by atoms with Crippen LogP contribution in [0.4, 0.5) is 10.2 Å². The molecule has 2 rings (SSSR count). The minimum absolute atomic E-state index is 0.0424. The topological polar surface area (TPSA) is 129 Å². The standard InChI is InChI=1S/C12H8Cl2FN3O3.CH5N/c1-21-9-5(13)3-2-4(7(9)15)11-17-8(12(19)20)6(14)10(16)18-11;1-2/h2-3H,1H3,(H,19,20)(H2,16,17,18);2H2,1H3. The lowest BCUT2D eigenvalue weighted by Gasteiger charge is -2.11. The maximum Gasteiger partial charge on any atom is 0.177 e. The Hall–Kier alpha value is -2.16. The number of ether oxygens (including phenoxy) is 1. The normalized spacial score (nSPS) is 9.83. The number of benzene rings is 1. The summed E-state index contributed by atoms with van der Waals surface area (Å²) in [5.41, 5.74) is 7.97. The molecule has 5 N–H and O–H groups in total. The Morgan fingerprint density at radius 3 is 2.48 bits per heavy atom. The number of carbonyl (C=O) groups excluding carboxylic acids is 1. The number of carbonyl (C=O) groups is 1. The molecular weight excluding hydrogens is 350 g/mol. The van der Waals surface area contributed by atoms with Crippen LogP contribution in [0.5, 0.6) is 5.75 Å². The minimum atomic E-state index is -1.66. The third-order valence-corrected chi connectivity index (χ3v) is 3.23. The smallest absolute Gasteiger partial charge is 0.177 e. The van der Waals surface area contributed by atoms with E-state index in [-0.39, 0.29) is 33.0 Å². The maximum absolute atomic E-state index is 14.3. The molecule has 2 aromatic rings. The molecule has 0 spiro atoms. The van der Waals surface area contributed by atoms with Crippen LogP contribution in [-0.4, -0.2) is 30.1 Å². The fourth-order valence-corrected chi connectivity index (χ4v) is 2.00. The van der Waals surface area contributed by atoms with Crippen LogP contribution in [0.2, 0.25) is 10.0 Å². The van der Waals surface area contributed by atoms with Crippen molar-refractivity contribution in [2.24, 2.45) is 0 Å². The molecule has 0 aliphatic heterocycles. The third kappa shape index (κ3) is 3.79. The van der Waals surface area contributed by atoms with E-state index in [1.54, 1.807) is 7.05 Å². The molecule has 0 saturated heterocycles. The molecule has 0 aliphatic carbocycles. The molecule has 1 heterocycles. The van der Waals surface area contributed by atoms with Gasteiger partial charge in [0.2, 0.25) is 0 Å². The van der Waals surface area contributed by atoms with Crippen molar-refractivity contribution in [2.75, 3.05) is 19.9 Å². The second-order valence-corrected chi connectivity index (χ2v) is 4.61. The average Bonchev–Trinajstić information content (AvgIpc) is 2.52. The zero-order chi connectivity index (χ0) is 17.7. The molecule has 10 heteroatoms. The van der Waals surface area contributed by atoms with Gasteiger partial charge in [0.1, 0.15) is 16.5 Å². The van der Waals surface area contributed by atoms with Gasteiger partial charge in [-0.3, -0.25) is 0 Å². The van der Waals surface area contributed by atoms with E-state index in [1.165, 1.54) is 19.2 Å². The lowest BCUT2D eigenvalue weighted by Crippen LogP contribution is -2.40. The summed E-state index contributed by atoms with van der Waals surface area (Å²) >= 11 is 11.4. The van der Waals surface area contributed by atoms with Crippen molar-refractivity contribution in [1.82, 2.24) is 9.97 Å². The van der Waals surface area contributed by atoms with Crippen molar-refractivity contribution in [2.45, 2.75) is 0 Å². The average molecular weight is 363 g/mol. The van der Waals surface area contributed by atoms with E-state index in [9.17, 15) is 14.3 Å². The number of aromatic nitrogens is 2. The predicted molar refractivity (Wildman–Crippen MR) is 81.6 cm³/mol. The summed E-state index contributed by atoms with van der Waals surface area (Å²) in [5.74, 6) is -3.31. The summed E-state index contributed by atoms with van der Waals surface area (Å²) in [4.78, 5) is 18.3. The molecule has 0 bridgehead atoms. The molecule has 0 radical (unpaired) electrons. The van der Waals surface area contributed by atoms with Gasteiger partial charge in [-0.1, -0.05) is 23.2 Å². The number of nitrogens with two attached hydrogens (primary N) is 1. The van der Waals surface area contributed by atoms with E-state index in [1.807, 2.05) is 0 Å². The Morgan fingerprint density at radius 2 is 1.96 bits per heavy atom. The number of hydrogen-bond acceptors (Lipinski definition) is 6. The highest BCUT2D eigenvalue weighted by molar-refractivity contribution is 6.35. The number of quaternary nitrogens is 1. The molecular formula is C13H13Cl2FN4O3. The highest BCUT2D eigenvalue weighted by Crippen LogP contribution is 2.34. The van der Waals surface area contributed by atoms with Gasteiger partial charge in [0.05, 0.1) is 30.7 Å². The summed E-state index contributed by atoms with van der Waals surface area (Å²) in [6, 6.07) is 2.62. The lowest BCUT2D eigenvalue weighted by atomic mass is 10.1. The Morgan fingerprint density at radius 1 is 1.35 bits per heavy atom. The van der Waals surface area contributed by atoms with Gasteiger partial charge in [-0.25, -0.2) is 14.4 Å². The number of carboxylic acid groups (broad SMARTS) is 1. The molecule has 0 atom stereocenters. The van der Waals surface area contributed by atoms with Gasteiger partial charge < -0.3 is 26.1 Å². The Kier molecular flexibility index (Phi) is 6.49. The van der Waals surface area contributed by atoms with Gasteiger partial charge in [-0.15, -0.1) is 0 Å².